The molecule has 0 aromatic carbocycles. The zero-order valence-corrected chi connectivity index (χ0v) is 15.4. The van der Waals surface area contributed by atoms with Crippen molar-refractivity contribution in [3.05, 3.63) is 17.0 Å². The van der Waals surface area contributed by atoms with Crippen LogP contribution in [0.1, 0.15) is 37.8 Å². The number of hydrogen-bond acceptors (Lipinski definition) is 5. The summed E-state index contributed by atoms with van der Waals surface area (Å²) < 4.78 is 5.14. The van der Waals surface area contributed by atoms with Gasteiger partial charge >= 0.3 is 6.03 Å². The third-order valence-corrected chi connectivity index (χ3v) is 4.42. The van der Waals surface area contributed by atoms with Crippen LogP contribution in [0.5, 0.6) is 0 Å². The molecule has 1 aromatic heterocycles. The van der Waals surface area contributed by atoms with Crippen LogP contribution in [0.4, 0.5) is 4.79 Å². The quantitative estimate of drug-likeness (QED) is 0.846. The normalized spacial score (nSPS) is 19.6. The van der Waals surface area contributed by atoms with Crippen LogP contribution in [0.3, 0.4) is 0 Å². The largest absolute Gasteiger partial charge is 0.389 e. The molecule has 2 heterocycles. The molecule has 24 heavy (non-hydrogen) atoms. The van der Waals surface area contributed by atoms with Crippen LogP contribution in [0.25, 0.3) is 0 Å². The van der Waals surface area contributed by atoms with Crippen LogP contribution >= 0.6 is 0 Å². The molecule has 1 aromatic rings. The zero-order chi connectivity index (χ0) is 17.9. The number of nitrogens with one attached hydrogen (secondary N) is 1. The number of carbonyl (C=O) groups excluding carboxylic acids is 1. The molecule has 7 nitrogen and oxygen atoms in total. The second kappa shape index (κ2) is 7.53. The van der Waals surface area contributed by atoms with Gasteiger partial charge in [-0.05, 0) is 41.0 Å². The number of hydrogen-bond donors (Lipinski definition) is 2. The Balaban J connectivity index is 1.79. The van der Waals surface area contributed by atoms with Crippen LogP contribution in [0.2, 0.25) is 0 Å². The van der Waals surface area contributed by atoms with Gasteiger partial charge in [0.15, 0.2) is 0 Å². The molecule has 1 aliphatic heterocycles. The molecule has 0 radical (unpaired) electrons. The van der Waals surface area contributed by atoms with Crippen molar-refractivity contribution in [2.45, 2.75) is 52.7 Å². The second-order valence-corrected chi connectivity index (χ2v) is 7.37. The molecule has 2 amide bonds. The molecule has 7 heteroatoms. The molecule has 0 spiro atoms. The molecule has 0 aliphatic carbocycles. The first-order valence-corrected chi connectivity index (χ1v) is 8.58. The van der Waals surface area contributed by atoms with Gasteiger partial charge in [0.1, 0.15) is 5.76 Å². The molecule has 2 N–H and O–H groups in total. The van der Waals surface area contributed by atoms with Crippen LogP contribution in [-0.2, 0) is 6.42 Å². The van der Waals surface area contributed by atoms with Gasteiger partial charge in [0, 0.05) is 44.3 Å². The Morgan fingerprint density at radius 2 is 2.12 bits per heavy atom. The third-order valence-electron chi connectivity index (χ3n) is 4.42. The van der Waals surface area contributed by atoms with Crippen molar-refractivity contribution in [1.29, 1.82) is 0 Å². The summed E-state index contributed by atoms with van der Waals surface area (Å²) in [5.41, 5.74) is 1.24. The van der Waals surface area contributed by atoms with E-state index in [4.69, 9.17) is 4.52 Å². The second-order valence-electron chi connectivity index (χ2n) is 7.37. The first kappa shape index (κ1) is 18.7. The smallest absolute Gasteiger partial charge is 0.317 e. The van der Waals surface area contributed by atoms with Crippen molar-refractivity contribution in [2.24, 2.45) is 0 Å². The van der Waals surface area contributed by atoms with E-state index >= 15 is 0 Å². The number of aromatic nitrogens is 1. The number of aryl methyl sites for hydroxylation is 2. The molecular formula is C17H30N4O3. The van der Waals surface area contributed by atoms with Gasteiger partial charge < -0.3 is 19.8 Å². The number of β-amino-alcohol motifs (C(OH)–C–C–N with tert-alkyl or cyclic N) is 1. The average molecular weight is 338 g/mol. The van der Waals surface area contributed by atoms with Crippen LogP contribution < -0.4 is 5.32 Å². The number of urea groups is 1. The van der Waals surface area contributed by atoms with Crippen molar-refractivity contribution < 1.29 is 14.4 Å². The first-order chi connectivity index (χ1) is 11.2. The monoisotopic (exact) mass is 338 g/mol. The van der Waals surface area contributed by atoms with Crippen molar-refractivity contribution in [3.8, 4) is 0 Å². The maximum atomic E-state index is 12.4. The Morgan fingerprint density at radius 3 is 2.67 bits per heavy atom. The van der Waals surface area contributed by atoms with Gasteiger partial charge in [-0.3, -0.25) is 4.90 Å². The lowest BCUT2D eigenvalue weighted by molar-refractivity contribution is 0.0119. The van der Waals surface area contributed by atoms with E-state index in [1.807, 2.05) is 39.5 Å². The molecule has 136 valence electrons. The van der Waals surface area contributed by atoms with E-state index < -0.39 is 5.60 Å². The molecule has 1 unspecified atom stereocenters. The van der Waals surface area contributed by atoms with Gasteiger partial charge in [0.2, 0.25) is 0 Å². The van der Waals surface area contributed by atoms with E-state index in [-0.39, 0.29) is 12.1 Å². The van der Waals surface area contributed by atoms with Gasteiger partial charge in [-0.2, -0.15) is 0 Å². The summed E-state index contributed by atoms with van der Waals surface area (Å²) in [4.78, 5) is 16.5. The Morgan fingerprint density at radius 1 is 1.42 bits per heavy atom. The summed E-state index contributed by atoms with van der Waals surface area (Å²) in [5, 5.41) is 16.9. The Bertz CT molecular complexity index is 545. The fourth-order valence-electron chi connectivity index (χ4n) is 3.28. The summed E-state index contributed by atoms with van der Waals surface area (Å²) in [6.07, 6.45) is 0.722. The maximum absolute atomic E-state index is 12.4. The highest BCUT2D eigenvalue weighted by atomic mass is 16.5. The SMILES string of the molecule is Cc1noc(C)c1CCNC(=O)N1CCN(CC(C)(C)O)CC1C. The van der Waals surface area contributed by atoms with Gasteiger partial charge in [-0.1, -0.05) is 5.16 Å². The van der Waals surface area contributed by atoms with E-state index in [0.29, 0.717) is 19.6 Å². The number of aliphatic hydroxyl groups is 1. The van der Waals surface area contributed by atoms with Crippen molar-refractivity contribution in [2.75, 3.05) is 32.7 Å². The predicted molar refractivity (Wildman–Crippen MR) is 92.0 cm³/mol. The molecular weight excluding hydrogens is 308 g/mol. The number of piperazine rings is 1. The molecule has 1 fully saturated rings. The highest BCUT2D eigenvalue weighted by molar-refractivity contribution is 5.74. The molecule has 1 aliphatic rings. The van der Waals surface area contributed by atoms with Gasteiger partial charge in [-0.25, -0.2) is 4.79 Å². The summed E-state index contributed by atoms with van der Waals surface area (Å²) in [7, 11) is 0. The fourth-order valence-corrected chi connectivity index (χ4v) is 3.28. The fraction of sp³-hybridized carbons (Fsp3) is 0.765. The number of amides is 2. The molecule has 1 atom stereocenters. The molecule has 2 rings (SSSR count). The topological polar surface area (TPSA) is 81.8 Å². The molecule has 0 saturated carbocycles. The Hall–Kier alpha value is -1.60. The lowest BCUT2D eigenvalue weighted by atomic mass is 10.1. The van der Waals surface area contributed by atoms with Gasteiger partial charge in [0.25, 0.3) is 0 Å². The standard InChI is InChI=1S/C17H30N4O3/c1-12-10-20(11-17(4,5)23)8-9-21(12)16(22)18-7-6-15-13(2)19-24-14(15)3/h12,23H,6-11H2,1-5H3,(H,18,22). The summed E-state index contributed by atoms with van der Waals surface area (Å²) in [6, 6.07) is 0.0948. The minimum Gasteiger partial charge on any atom is -0.389 e. The lowest BCUT2D eigenvalue weighted by Gasteiger charge is -2.41. The number of rotatable bonds is 5. The minimum absolute atomic E-state index is 0.0304. The van der Waals surface area contributed by atoms with Crippen molar-refractivity contribution in [1.82, 2.24) is 20.3 Å². The number of nitrogens with zero attached hydrogens (tertiary/aromatic N) is 3. The predicted octanol–water partition coefficient (Wildman–Crippen LogP) is 1.32. The average Bonchev–Trinajstić information content (AvgIpc) is 2.77. The Kier molecular flexibility index (Phi) is 5.87. The lowest BCUT2D eigenvalue weighted by Crippen LogP contribution is -2.58. The van der Waals surface area contributed by atoms with E-state index in [9.17, 15) is 9.90 Å². The summed E-state index contributed by atoms with van der Waals surface area (Å²) >= 11 is 0. The van der Waals surface area contributed by atoms with E-state index in [2.05, 4.69) is 15.4 Å². The van der Waals surface area contributed by atoms with Crippen LogP contribution in [0.15, 0.2) is 4.52 Å². The van der Waals surface area contributed by atoms with E-state index in [1.54, 1.807) is 0 Å². The summed E-state index contributed by atoms with van der Waals surface area (Å²) in [5.74, 6) is 0.815. The molecule has 1 saturated heterocycles. The van der Waals surface area contributed by atoms with Gasteiger partial charge in [-0.15, -0.1) is 0 Å². The molecule has 0 bridgehead atoms. The highest BCUT2D eigenvalue weighted by Crippen LogP contribution is 2.14. The van der Waals surface area contributed by atoms with Gasteiger partial charge in [0.05, 0.1) is 11.3 Å². The van der Waals surface area contributed by atoms with Crippen LogP contribution in [-0.4, -0.2) is 70.5 Å². The zero-order valence-electron chi connectivity index (χ0n) is 15.4. The van der Waals surface area contributed by atoms with Crippen LogP contribution in [0, 0.1) is 13.8 Å². The van der Waals surface area contributed by atoms with E-state index in [0.717, 1.165) is 36.5 Å². The minimum atomic E-state index is -0.710. The maximum Gasteiger partial charge on any atom is 0.317 e. The highest BCUT2D eigenvalue weighted by Gasteiger charge is 2.29. The van der Waals surface area contributed by atoms with Crippen molar-refractivity contribution in [3.63, 3.8) is 0 Å². The summed E-state index contributed by atoms with van der Waals surface area (Å²) in [6.45, 7) is 12.9. The van der Waals surface area contributed by atoms with Crippen molar-refractivity contribution >= 4 is 6.03 Å². The number of carbonyl (C=O) groups is 1. The first-order valence-electron chi connectivity index (χ1n) is 8.58. The van der Waals surface area contributed by atoms with E-state index in [1.165, 1.54) is 0 Å². The Labute approximate surface area is 144 Å². The third kappa shape index (κ3) is 4.95.